The van der Waals surface area contributed by atoms with Crippen molar-refractivity contribution >= 4 is 11.6 Å². The number of ether oxygens (including phenoxy) is 1. The lowest BCUT2D eigenvalue weighted by Crippen LogP contribution is -2.09. The molecular formula is C16H22N4O. The zero-order chi connectivity index (χ0) is 15.1. The normalized spacial score (nSPS) is 10.2. The molecule has 21 heavy (non-hydrogen) atoms. The second kappa shape index (κ2) is 7.47. The Labute approximate surface area is 125 Å². The Morgan fingerprint density at radius 2 is 1.90 bits per heavy atom. The molecule has 1 aromatic carbocycles. The Balaban J connectivity index is 2.00. The lowest BCUT2D eigenvalue weighted by molar-refractivity contribution is 0.410. The standard InChI is InChI=1S/C16H22N4O/c1-4-14-19-15(17-2)11-16(20-14)18-10-9-12-7-5-6-8-13(12)21-3/h5-8,11H,4,9-10H2,1-3H3,(H2,17,18,19,20). The van der Waals surface area contributed by atoms with Crippen molar-refractivity contribution in [2.24, 2.45) is 0 Å². The topological polar surface area (TPSA) is 59.1 Å². The second-order valence-corrected chi connectivity index (χ2v) is 4.65. The molecule has 0 saturated carbocycles. The molecule has 0 spiro atoms. The van der Waals surface area contributed by atoms with Crippen LogP contribution in [0.2, 0.25) is 0 Å². The number of methoxy groups -OCH3 is 1. The molecule has 1 heterocycles. The second-order valence-electron chi connectivity index (χ2n) is 4.65. The van der Waals surface area contributed by atoms with Crippen molar-refractivity contribution in [2.45, 2.75) is 19.8 Å². The predicted octanol–water partition coefficient (Wildman–Crippen LogP) is 2.74. The van der Waals surface area contributed by atoms with Gasteiger partial charge in [-0.2, -0.15) is 0 Å². The largest absolute Gasteiger partial charge is 0.496 e. The van der Waals surface area contributed by atoms with Gasteiger partial charge in [0.1, 0.15) is 23.2 Å². The fraction of sp³-hybridized carbons (Fsp3) is 0.375. The van der Waals surface area contributed by atoms with Crippen molar-refractivity contribution in [2.75, 3.05) is 31.3 Å². The van der Waals surface area contributed by atoms with E-state index in [4.69, 9.17) is 4.74 Å². The maximum atomic E-state index is 5.36. The Kier molecular flexibility index (Phi) is 5.37. The Morgan fingerprint density at radius 1 is 1.14 bits per heavy atom. The van der Waals surface area contributed by atoms with E-state index in [1.807, 2.05) is 38.2 Å². The van der Waals surface area contributed by atoms with Crippen LogP contribution in [0.25, 0.3) is 0 Å². The maximum absolute atomic E-state index is 5.36. The molecule has 0 amide bonds. The van der Waals surface area contributed by atoms with Gasteiger partial charge in [-0.1, -0.05) is 25.1 Å². The van der Waals surface area contributed by atoms with E-state index in [1.54, 1.807) is 7.11 Å². The van der Waals surface area contributed by atoms with Gasteiger partial charge in [0.25, 0.3) is 0 Å². The summed E-state index contributed by atoms with van der Waals surface area (Å²) in [5.41, 5.74) is 1.19. The van der Waals surface area contributed by atoms with Crippen molar-refractivity contribution in [1.82, 2.24) is 9.97 Å². The van der Waals surface area contributed by atoms with E-state index in [0.717, 1.165) is 42.6 Å². The van der Waals surface area contributed by atoms with Crippen LogP contribution in [0.15, 0.2) is 30.3 Å². The van der Waals surface area contributed by atoms with Crippen LogP contribution in [0.1, 0.15) is 18.3 Å². The summed E-state index contributed by atoms with van der Waals surface area (Å²) < 4.78 is 5.36. The first-order chi connectivity index (χ1) is 10.3. The van der Waals surface area contributed by atoms with Crippen LogP contribution in [0.3, 0.4) is 0 Å². The summed E-state index contributed by atoms with van der Waals surface area (Å²) >= 11 is 0. The lowest BCUT2D eigenvalue weighted by atomic mass is 10.1. The molecule has 0 unspecified atom stereocenters. The fourth-order valence-electron chi connectivity index (χ4n) is 2.11. The third-order valence-electron chi connectivity index (χ3n) is 3.24. The zero-order valence-corrected chi connectivity index (χ0v) is 12.8. The number of hydrogen-bond acceptors (Lipinski definition) is 5. The van der Waals surface area contributed by atoms with Crippen molar-refractivity contribution in [1.29, 1.82) is 0 Å². The maximum Gasteiger partial charge on any atom is 0.132 e. The van der Waals surface area contributed by atoms with Gasteiger partial charge in [-0.25, -0.2) is 9.97 Å². The summed E-state index contributed by atoms with van der Waals surface area (Å²) in [6.45, 7) is 2.84. The van der Waals surface area contributed by atoms with Crippen LogP contribution >= 0.6 is 0 Å². The van der Waals surface area contributed by atoms with Crippen molar-refractivity contribution in [3.05, 3.63) is 41.7 Å². The number of aromatic nitrogens is 2. The first-order valence-electron chi connectivity index (χ1n) is 7.18. The third-order valence-corrected chi connectivity index (χ3v) is 3.24. The number of rotatable bonds is 7. The van der Waals surface area contributed by atoms with Crippen LogP contribution in [-0.2, 0) is 12.8 Å². The summed E-state index contributed by atoms with van der Waals surface area (Å²) in [7, 11) is 3.56. The summed E-state index contributed by atoms with van der Waals surface area (Å²) in [5, 5.41) is 6.40. The van der Waals surface area contributed by atoms with Gasteiger partial charge in [0.15, 0.2) is 0 Å². The molecule has 0 radical (unpaired) electrons. The monoisotopic (exact) mass is 286 g/mol. The summed E-state index contributed by atoms with van der Waals surface area (Å²) in [6.07, 6.45) is 1.70. The minimum Gasteiger partial charge on any atom is -0.496 e. The molecule has 0 aliphatic carbocycles. The molecule has 0 bridgehead atoms. The molecule has 112 valence electrons. The van der Waals surface area contributed by atoms with E-state index in [0.29, 0.717) is 0 Å². The first-order valence-corrected chi connectivity index (χ1v) is 7.18. The molecule has 2 rings (SSSR count). The number of aryl methyl sites for hydroxylation is 1. The number of nitrogens with one attached hydrogen (secondary N) is 2. The van der Waals surface area contributed by atoms with E-state index in [2.05, 4.69) is 26.7 Å². The smallest absolute Gasteiger partial charge is 0.132 e. The zero-order valence-electron chi connectivity index (χ0n) is 12.8. The Morgan fingerprint density at radius 3 is 2.62 bits per heavy atom. The molecule has 1 aromatic heterocycles. The van der Waals surface area contributed by atoms with Crippen molar-refractivity contribution in [3.63, 3.8) is 0 Å². The average Bonchev–Trinajstić information content (AvgIpc) is 2.54. The molecule has 5 nitrogen and oxygen atoms in total. The van der Waals surface area contributed by atoms with Crippen molar-refractivity contribution < 1.29 is 4.74 Å². The summed E-state index contributed by atoms with van der Waals surface area (Å²) in [6, 6.07) is 9.98. The van der Waals surface area contributed by atoms with Gasteiger partial charge >= 0.3 is 0 Å². The summed E-state index contributed by atoms with van der Waals surface area (Å²) in [5.74, 6) is 3.44. The lowest BCUT2D eigenvalue weighted by Gasteiger charge is -2.11. The van der Waals surface area contributed by atoms with Crippen LogP contribution in [-0.4, -0.2) is 30.7 Å². The van der Waals surface area contributed by atoms with Crippen LogP contribution in [0.5, 0.6) is 5.75 Å². The number of hydrogen-bond donors (Lipinski definition) is 2. The van der Waals surface area contributed by atoms with E-state index in [-0.39, 0.29) is 0 Å². The Hall–Kier alpha value is -2.30. The molecule has 0 aliphatic rings. The number of para-hydroxylation sites is 1. The van der Waals surface area contributed by atoms with Gasteiger partial charge in [-0.3, -0.25) is 0 Å². The van der Waals surface area contributed by atoms with Gasteiger partial charge < -0.3 is 15.4 Å². The number of benzene rings is 1. The molecule has 0 aliphatic heterocycles. The molecule has 0 fully saturated rings. The van der Waals surface area contributed by atoms with Gasteiger partial charge in [-0.05, 0) is 18.1 Å². The van der Waals surface area contributed by atoms with E-state index >= 15 is 0 Å². The van der Waals surface area contributed by atoms with Crippen molar-refractivity contribution in [3.8, 4) is 5.75 Å². The highest BCUT2D eigenvalue weighted by Crippen LogP contribution is 2.18. The molecule has 5 heteroatoms. The summed E-state index contributed by atoms with van der Waals surface area (Å²) in [4.78, 5) is 8.86. The SMILES string of the molecule is CCc1nc(NC)cc(NCCc2ccccc2OC)n1. The highest BCUT2D eigenvalue weighted by atomic mass is 16.5. The molecule has 0 atom stereocenters. The molecule has 0 saturated heterocycles. The van der Waals surface area contributed by atoms with Gasteiger partial charge in [0.2, 0.25) is 0 Å². The van der Waals surface area contributed by atoms with Gasteiger partial charge in [0.05, 0.1) is 7.11 Å². The number of anilines is 2. The van der Waals surface area contributed by atoms with Gasteiger partial charge in [0, 0.05) is 26.1 Å². The van der Waals surface area contributed by atoms with Crippen LogP contribution < -0.4 is 15.4 Å². The van der Waals surface area contributed by atoms with E-state index in [9.17, 15) is 0 Å². The highest BCUT2D eigenvalue weighted by Gasteiger charge is 2.04. The van der Waals surface area contributed by atoms with E-state index in [1.165, 1.54) is 5.56 Å². The quantitative estimate of drug-likeness (QED) is 0.819. The van der Waals surface area contributed by atoms with E-state index < -0.39 is 0 Å². The van der Waals surface area contributed by atoms with Crippen LogP contribution in [0, 0.1) is 0 Å². The molecule has 2 N–H and O–H groups in total. The fourth-order valence-corrected chi connectivity index (χ4v) is 2.11. The highest BCUT2D eigenvalue weighted by molar-refractivity contribution is 5.47. The molecular weight excluding hydrogens is 264 g/mol. The Bertz CT molecular complexity index is 564. The minimum atomic E-state index is 0.795. The first kappa shape index (κ1) is 15.1. The minimum absolute atomic E-state index is 0.795. The predicted molar refractivity (Wildman–Crippen MR) is 86.1 cm³/mol. The van der Waals surface area contributed by atoms with Crippen LogP contribution in [0.4, 0.5) is 11.6 Å². The van der Waals surface area contributed by atoms with Gasteiger partial charge in [-0.15, -0.1) is 0 Å². The number of nitrogens with zero attached hydrogens (tertiary/aromatic N) is 2. The third kappa shape index (κ3) is 4.08. The molecule has 2 aromatic rings. The average molecular weight is 286 g/mol.